The third-order valence-electron chi connectivity index (χ3n) is 4.14. The quantitative estimate of drug-likeness (QED) is 0.259. The van der Waals surface area contributed by atoms with Crippen molar-refractivity contribution >= 4 is 36.4 Å². The van der Waals surface area contributed by atoms with Gasteiger partial charge in [0, 0.05) is 39.3 Å². The summed E-state index contributed by atoms with van der Waals surface area (Å²) in [7, 11) is 6.75. The highest BCUT2D eigenvalue weighted by Gasteiger charge is 2.12. The number of halogens is 2. The van der Waals surface area contributed by atoms with E-state index in [1.54, 1.807) is 64.6 Å². The first-order chi connectivity index (χ1) is 18.9. The molecule has 0 aliphatic carbocycles. The molecule has 0 spiro atoms. The molecule has 212 valence electrons. The second-order valence-electron chi connectivity index (χ2n) is 7.91. The Morgan fingerprint density at radius 1 is 0.600 bits per heavy atom. The number of carbonyl (C=O) groups excluding carboxylic acids is 2. The molecule has 0 atom stereocenters. The molecule has 2 aromatic heterocycles. The molecule has 0 saturated carbocycles. The normalized spacial score (nSPS) is 9.35. The number of amides is 2. The van der Waals surface area contributed by atoms with E-state index in [-0.39, 0.29) is 46.0 Å². The smallest absolute Gasteiger partial charge is 0.242 e. The van der Waals surface area contributed by atoms with E-state index in [1.165, 1.54) is 21.9 Å². The van der Waals surface area contributed by atoms with Crippen LogP contribution in [0.4, 0.5) is 32.3 Å². The number of anilines is 4. The highest BCUT2D eigenvalue weighted by Crippen LogP contribution is 2.24. The van der Waals surface area contributed by atoms with Crippen LogP contribution in [0, 0.1) is 11.6 Å². The minimum Gasteiger partial charge on any atom is -0.382 e. The largest absolute Gasteiger partial charge is 0.382 e. The van der Waals surface area contributed by atoms with Crippen molar-refractivity contribution in [1.82, 2.24) is 40.2 Å². The van der Waals surface area contributed by atoms with Crippen LogP contribution in [-0.2, 0) is 9.59 Å². The Morgan fingerprint density at radius 2 is 0.900 bits per heavy atom. The number of nitrogens with two attached hydrogens (primary N) is 4. The van der Waals surface area contributed by atoms with Crippen molar-refractivity contribution in [2.75, 3.05) is 51.1 Å². The summed E-state index contributed by atoms with van der Waals surface area (Å²) in [5.41, 5.74) is 22.6. The van der Waals surface area contributed by atoms with Crippen molar-refractivity contribution < 1.29 is 18.4 Å². The average Bonchev–Trinajstić information content (AvgIpc) is 2.91. The van der Waals surface area contributed by atoms with E-state index in [2.05, 4.69) is 30.4 Å². The lowest BCUT2D eigenvalue weighted by Crippen LogP contribution is -2.06. The van der Waals surface area contributed by atoms with Crippen LogP contribution in [-0.4, -0.2) is 81.2 Å². The Kier molecular flexibility index (Phi) is 13.3. The Morgan fingerprint density at radius 3 is 1.15 bits per heavy atom. The molecular weight excluding hydrogens is 526 g/mol. The molecule has 0 aliphatic heterocycles. The van der Waals surface area contributed by atoms with Crippen LogP contribution in [0.1, 0.15) is 0 Å². The summed E-state index contributed by atoms with van der Waals surface area (Å²) in [6.45, 7) is 0. The van der Waals surface area contributed by atoms with Gasteiger partial charge in [0.05, 0.1) is 0 Å². The number of hydrogen-bond acceptors (Lipinski definition) is 12. The molecule has 8 N–H and O–H groups in total. The van der Waals surface area contributed by atoms with Gasteiger partial charge < -0.3 is 32.7 Å². The molecule has 0 unspecified atom stereocenters. The van der Waals surface area contributed by atoms with Gasteiger partial charge in [-0.05, 0) is 24.3 Å². The highest BCUT2D eigenvalue weighted by molar-refractivity contribution is 5.70. The molecule has 16 heteroatoms. The number of nitrogen functional groups attached to an aromatic ring is 4. The third-order valence-corrected chi connectivity index (χ3v) is 4.14. The molecule has 0 aliphatic rings. The second kappa shape index (κ2) is 16.3. The van der Waals surface area contributed by atoms with Crippen LogP contribution in [0.15, 0.2) is 48.5 Å². The number of benzene rings is 2. The first-order valence-corrected chi connectivity index (χ1v) is 11.2. The Balaban J connectivity index is 0.000000302. The minimum absolute atomic E-state index is 0.0346. The van der Waals surface area contributed by atoms with Crippen molar-refractivity contribution in [3.05, 3.63) is 60.2 Å². The fraction of sp³-hybridized carbons (Fsp3) is 0.167. The van der Waals surface area contributed by atoms with E-state index in [0.717, 1.165) is 12.8 Å². The number of hydrogen-bond donors (Lipinski definition) is 4. The molecule has 40 heavy (non-hydrogen) atoms. The average molecular weight is 557 g/mol. The van der Waals surface area contributed by atoms with Gasteiger partial charge in [-0.15, -0.1) is 20.4 Å². The lowest BCUT2D eigenvalue weighted by Gasteiger charge is -2.03. The summed E-state index contributed by atoms with van der Waals surface area (Å²) in [6, 6.07) is 12.2. The van der Waals surface area contributed by atoms with Crippen molar-refractivity contribution in [3.63, 3.8) is 0 Å². The van der Waals surface area contributed by atoms with E-state index < -0.39 is 11.6 Å². The number of aromatic nitrogens is 6. The van der Waals surface area contributed by atoms with Gasteiger partial charge in [0.2, 0.25) is 24.7 Å². The SMILES string of the molecule is CN(C)C=O.CN(C)C=O.Nc1nnc(-c2ccccc2F)c(N)n1.Nc1nnc(-c2ccccc2F)c(N)n1. The van der Waals surface area contributed by atoms with Gasteiger partial charge in [0.1, 0.15) is 23.0 Å². The second-order valence-corrected chi connectivity index (χ2v) is 7.91. The lowest BCUT2D eigenvalue weighted by molar-refractivity contribution is -0.116. The maximum absolute atomic E-state index is 13.4. The first-order valence-electron chi connectivity index (χ1n) is 11.2. The Bertz CT molecular complexity index is 1280. The maximum atomic E-state index is 13.4. The Hall–Kier alpha value is -5.54. The van der Waals surface area contributed by atoms with Crippen LogP contribution in [0.5, 0.6) is 0 Å². The number of nitrogens with zero attached hydrogens (tertiary/aromatic N) is 8. The molecule has 2 aromatic carbocycles. The van der Waals surface area contributed by atoms with Gasteiger partial charge in [-0.25, -0.2) is 8.78 Å². The standard InChI is InChI=1S/2C9H8FN5.2C3H7NO/c2*10-6-4-2-1-3-5(6)7-8(11)13-9(12)15-14-7;2*1-4(2)3-5/h2*1-4H,(H4,11,12,13,15);2*3H,1-2H3. The van der Waals surface area contributed by atoms with E-state index in [0.29, 0.717) is 0 Å². The fourth-order valence-corrected chi connectivity index (χ4v) is 2.39. The third kappa shape index (κ3) is 10.8. The van der Waals surface area contributed by atoms with Gasteiger partial charge in [0.15, 0.2) is 11.6 Å². The van der Waals surface area contributed by atoms with Gasteiger partial charge in [0.25, 0.3) is 0 Å². The molecule has 0 radical (unpaired) electrons. The van der Waals surface area contributed by atoms with Crippen LogP contribution in [0.25, 0.3) is 22.5 Å². The van der Waals surface area contributed by atoms with Gasteiger partial charge in [-0.2, -0.15) is 9.97 Å². The highest BCUT2D eigenvalue weighted by atomic mass is 19.1. The van der Waals surface area contributed by atoms with E-state index >= 15 is 0 Å². The molecule has 4 rings (SSSR count). The lowest BCUT2D eigenvalue weighted by atomic mass is 10.1. The molecule has 2 heterocycles. The summed E-state index contributed by atoms with van der Waals surface area (Å²) in [5.74, 6) is -0.796. The van der Waals surface area contributed by atoms with Crippen molar-refractivity contribution in [1.29, 1.82) is 0 Å². The first kappa shape index (κ1) is 32.5. The molecule has 0 fully saturated rings. The van der Waals surface area contributed by atoms with Crippen LogP contribution in [0.3, 0.4) is 0 Å². The van der Waals surface area contributed by atoms with Crippen molar-refractivity contribution in [2.45, 2.75) is 0 Å². The summed E-state index contributed by atoms with van der Waals surface area (Å²) in [4.78, 5) is 29.2. The zero-order valence-electron chi connectivity index (χ0n) is 22.2. The van der Waals surface area contributed by atoms with Gasteiger partial charge >= 0.3 is 0 Å². The molecule has 4 aromatic rings. The number of rotatable bonds is 4. The fourth-order valence-electron chi connectivity index (χ4n) is 2.39. The molecule has 14 nitrogen and oxygen atoms in total. The van der Waals surface area contributed by atoms with Gasteiger partial charge in [-0.3, -0.25) is 9.59 Å². The molecular formula is C24H30F2N12O2. The number of carbonyl (C=O) groups is 2. The Labute approximate surface area is 229 Å². The van der Waals surface area contributed by atoms with Crippen molar-refractivity contribution in [3.8, 4) is 22.5 Å². The predicted molar refractivity (Wildman–Crippen MR) is 148 cm³/mol. The minimum atomic E-state index is -0.426. The monoisotopic (exact) mass is 556 g/mol. The zero-order valence-corrected chi connectivity index (χ0v) is 22.2. The topological polar surface area (TPSA) is 222 Å². The van der Waals surface area contributed by atoms with E-state index in [9.17, 15) is 18.4 Å². The zero-order chi connectivity index (χ0) is 30.2. The predicted octanol–water partition coefficient (Wildman–Crippen LogP) is 1.09. The summed E-state index contributed by atoms with van der Waals surface area (Å²) in [5, 5.41) is 14.5. The molecule has 2 amide bonds. The molecule has 0 bridgehead atoms. The van der Waals surface area contributed by atoms with Crippen LogP contribution >= 0.6 is 0 Å². The van der Waals surface area contributed by atoms with E-state index in [1.807, 2.05) is 0 Å². The van der Waals surface area contributed by atoms with Crippen molar-refractivity contribution in [2.24, 2.45) is 0 Å². The maximum Gasteiger partial charge on any atom is 0.242 e. The van der Waals surface area contributed by atoms with Crippen LogP contribution < -0.4 is 22.9 Å². The summed E-state index contributed by atoms with van der Waals surface area (Å²) < 4.78 is 26.7. The summed E-state index contributed by atoms with van der Waals surface area (Å²) >= 11 is 0. The van der Waals surface area contributed by atoms with Crippen LogP contribution in [0.2, 0.25) is 0 Å². The van der Waals surface area contributed by atoms with Gasteiger partial charge in [-0.1, -0.05) is 24.3 Å². The molecule has 0 saturated heterocycles. The summed E-state index contributed by atoms with van der Waals surface area (Å²) in [6.07, 6.45) is 1.50. The van der Waals surface area contributed by atoms with E-state index in [4.69, 9.17) is 22.9 Å².